The highest BCUT2D eigenvalue weighted by Crippen LogP contribution is 2.29. The topological polar surface area (TPSA) is 24.1 Å². The van der Waals surface area contributed by atoms with Crippen LogP contribution in [0.1, 0.15) is 28.9 Å². The lowest BCUT2D eigenvalue weighted by Gasteiger charge is -2.33. The molecule has 25 heavy (non-hydrogen) atoms. The minimum absolute atomic E-state index is 0.0649. The Morgan fingerprint density at radius 2 is 1.32 bits per heavy atom. The molecule has 1 aliphatic heterocycles. The highest BCUT2D eigenvalue weighted by atomic mass is 79.9. The van der Waals surface area contributed by atoms with Crippen molar-refractivity contribution >= 4 is 21.6 Å². The van der Waals surface area contributed by atoms with Gasteiger partial charge in [0.05, 0.1) is 6.04 Å². The van der Waals surface area contributed by atoms with E-state index >= 15 is 0 Å². The van der Waals surface area contributed by atoms with Crippen LogP contribution in [0.5, 0.6) is 0 Å². The van der Waals surface area contributed by atoms with Crippen LogP contribution in [0.15, 0.2) is 95.5 Å². The van der Waals surface area contributed by atoms with Gasteiger partial charge in [-0.1, -0.05) is 88.7 Å². The van der Waals surface area contributed by atoms with Gasteiger partial charge in [0, 0.05) is 10.2 Å². The van der Waals surface area contributed by atoms with Crippen LogP contribution in [0, 0.1) is 0 Å². The molecule has 2 unspecified atom stereocenters. The largest absolute Gasteiger partial charge is 0.366 e. The highest BCUT2D eigenvalue weighted by Gasteiger charge is 2.23. The summed E-state index contributed by atoms with van der Waals surface area (Å²) in [4.78, 5) is 0. The third-order valence-electron chi connectivity index (χ3n) is 4.43. The van der Waals surface area contributed by atoms with Crippen molar-refractivity contribution in [2.75, 3.05) is 0 Å². The molecular weight excluding hydrogens is 372 g/mol. The molecule has 0 saturated heterocycles. The van der Waals surface area contributed by atoms with Gasteiger partial charge < -0.3 is 5.32 Å². The van der Waals surface area contributed by atoms with Gasteiger partial charge in [-0.15, -0.1) is 0 Å². The van der Waals surface area contributed by atoms with Gasteiger partial charge >= 0.3 is 0 Å². The van der Waals surface area contributed by atoms with E-state index in [2.05, 4.69) is 105 Å². The molecule has 0 amide bonds. The molecule has 0 aliphatic carbocycles. The summed E-state index contributed by atoms with van der Waals surface area (Å²) in [6, 6.07) is 29.6. The van der Waals surface area contributed by atoms with E-state index in [0.717, 1.165) is 10.2 Å². The lowest BCUT2D eigenvalue weighted by molar-refractivity contribution is 0.442. The second-order valence-corrected chi connectivity index (χ2v) is 7.05. The van der Waals surface area contributed by atoms with Gasteiger partial charge in [0.2, 0.25) is 0 Å². The number of hydrogen-bond donors (Lipinski definition) is 2. The van der Waals surface area contributed by atoms with E-state index in [-0.39, 0.29) is 12.2 Å². The van der Waals surface area contributed by atoms with Crippen molar-refractivity contribution in [3.05, 3.63) is 112 Å². The molecule has 1 heterocycles. The molecular formula is C22H19BrN2. The van der Waals surface area contributed by atoms with Crippen LogP contribution >= 0.6 is 15.9 Å². The van der Waals surface area contributed by atoms with Gasteiger partial charge in [-0.3, -0.25) is 5.32 Å². The van der Waals surface area contributed by atoms with Crippen LogP contribution in [-0.4, -0.2) is 0 Å². The minimum atomic E-state index is 0.0649. The summed E-state index contributed by atoms with van der Waals surface area (Å²) in [6.07, 6.45) is 2.33. The first kappa shape index (κ1) is 16.1. The first-order valence-corrected chi connectivity index (χ1v) is 9.19. The molecule has 0 aromatic heterocycles. The summed E-state index contributed by atoms with van der Waals surface area (Å²) in [5.74, 6) is 0. The number of rotatable bonds is 3. The van der Waals surface area contributed by atoms with Gasteiger partial charge in [-0.2, -0.15) is 0 Å². The third-order valence-corrected chi connectivity index (χ3v) is 4.95. The lowest BCUT2D eigenvalue weighted by Crippen LogP contribution is -2.39. The van der Waals surface area contributed by atoms with Gasteiger partial charge in [0.15, 0.2) is 0 Å². The summed E-state index contributed by atoms with van der Waals surface area (Å²) < 4.78 is 1.09. The molecule has 0 fully saturated rings. The van der Waals surface area contributed by atoms with Crippen LogP contribution < -0.4 is 10.6 Å². The molecule has 1 aliphatic rings. The van der Waals surface area contributed by atoms with Crippen LogP contribution in [0.4, 0.5) is 0 Å². The van der Waals surface area contributed by atoms with Crippen molar-refractivity contribution in [2.45, 2.75) is 12.2 Å². The number of benzene rings is 3. The predicted molar refractivity (Wildman–Crippen MR) is 107 cm³/mol. The Hall–Kier alpha value is -2.36. The normalized spacial score (nSPS) is 19.8. The van der Waals surface area contributed by atoms with Crippen molar-refractivity contribution in [2.24, 2.45) is 0 Å². The van der Waals surface area contributed by atoms with E-state index in [1.807, 2.05) is 12.1 Å². The Kier molecular flexibility index (Phi) is 4.68. The van der Waals surface area contributed by atoms with E-state index in [9.17, 15) is 0 Å². The second-order valence-electron chi connectivity index (χ2n) is 6.13. The van der Waals surface area contributed by atoms with Crippen LogP contribution in [-0.2, 0) is 0 Å². The van der Waals surface area contributed by atoms with E-state index in [0.29, 0.717) is 0 Å². The van der Waals surface area contributed by atoms with Gasteiger partial charge in [0.1, 0.15) is 6.17 Å². The fourth-order valence-corrected chi connectivity index (χ4v) is 3.39. The Bertz CT molecular complexity index is 858. The van der Waals surface area contributed by atoms with E-state index in [1.54, 1.807) is 0 Å². The molecule has 2 nitrogen and oxygen atoms in total. The zero-order valence-corrected chi connectivity index (χ0v) is 15.3. The Morgan fingerprint density at radius 3 is 2.00 bits per heavy atom. The minimum Gasteiger partial charge on any atom is -0.366 e. The Morgan fingerprint density at radius 1 is 0.680 bits per heavy atom. The first-order valence-electron chi connectivity index (χ1n) is 8.40. The summed E-state index contributed by atoms with van der Waals surface area (Å²) in [7, 11) is 0. The molecule has 0 bridgehead atoms. The standard InChI is InChI=1S/C22H19BrN2/c23-19-13-11-17(12-14-19)21-15-20(16-7-3-1-4-8-16)24-22(25-21)18-9-5-2-6-10-18/h1-15,21-22,24-25H. The third kappa shape index (κ3) is 3.68. The summed E-state index contributed by atoms with van der Waals surface area (Å²) >= 11 is 3.52. The molecule has 0 spiro atoms. The van der Waals surface area contributed by atoms with Crippen LogP contribution in [0.3, 0.4) is 0 Å². The fraction of sp³-hybridized carbons (Fsp3) is 0.0909. The van der Waals surface area contributed by atoms with Crippen molar-refractivity contribution in [1.29, 1.82) is 0 Å². The average molecular weight is 391 g/mol. The number of hydrogen-bond acceptors (Lipinski definition) is 2. The first-order chi connectivity index (χ1) is 12.3. The molecule has 124 valence electrons. The predicted octanol–water partition coefficient (Wildman–Crippen LogP) is 5.42. The van der Waals surface area contributed by atoms with Crippen molar-refractivity contribution in [3.63, 3.8) is 0 Å². The maximum atomic E-state index is 3.70. The number of halogens is 1. The van der Waals surface area contributed by atoms with Crippen molar-refractivity contribution in [3.8, 4) is 0 Å². The molecule has 3 aromatic rings. The van der Waals surface area contributed by atoms with E-state index < -0.39 is 0 Å². The summed E-state index contributed by atoms with van der Waals surface area (Å²) in [6.45, 7) is 0. The quantitative estimate of drug-likeness (QED) is 0.623. The van der Waals surface area contributed by atoms with Crippen molar-refractivity contribution in [1.82, 2.24) is 10.6 Å². The van der Waals surface area contributed by atoms with Gasteiger partial charge in [0.25, 0.3) is 0 Å². The van der Waals surface area contributed by atoms with Crippen LogP contribution in [0.25, 0.3) is 5.70 Å². The monoisotopic (exact) mass is 390 g/mol. The zero-order valence-electron chi connectivity index (χ0n) is 13.7. The van der Waals surface area contributed by atoms with Crippen LogP contribution in [0.2, 0.25) is 0 Å². The summed E-state index contributed by atoms with van der Waals surface area (Å²) in [5.41, 5.74) is 4.83. The highest BCUT2D eigenvalue weighted by molar-refractivity contribution is 9.10. The molecule has 0 saturated carbocycles. The zero-order chi connectivity index (χ0) is 17.1. The van der Waals surface area contributed by atoms with E-state index in [1.165, 1.54) is 16.7 Å². The smallest absolute Gasteiger partial charge is 0.104 e. The van der Waals surface area contributed by atoms with Gasteiger partial charge in [-0.05, 0) is 34.9 Å². The van der Waals surface area contributed by atoms with E-state index in [4.69, 9.17) is 0 Å². The lowest BCUT2D eigenvalue weighted by atomic mass is 9.98. The van der Waals surface area contributed by atoms with Gasteiger partial charge in [-0.25, -0.2) is 0 Å². The second kappa shape index (κ2) is 7.26. The molecule has 0 radical (unpaired) electrons. The van der Waals surface area contributed by atoms with Crippen molar-refractivity contribution < 1.29 is 0 Å². The number of nitrogens with one attached hydrogen (secondary N) is 2. The molecule has 3 aromatic carbocycles. The molecule has 2 N–H and O–H groups in total. The Balaban J connectivity index is 1.72. The molecule has 3 heteroatoms. The Labute approximate surface area is 156 Å². The SMILES string of the molecule is Brc1ccc(C2C=C(c3ccccc3)NC(c3ccccc3)N2)cc1. The fourth-order valence-electron chi connectivity index (χ4n) is 3.12. The average Bonchev–Trinajstić information content (AvgIpc) is 2.69. The molecule has 4 rings (SSSR count). The summed E-state index contributed by atoms with van der Waals surface area (Å²) in [5, 5.41) is 7.34. The molecule has 2 atom stereocenters. The maximum absolute atomic E-state index is 3.70. The maximum Gasteiger partial charge on any atom is 0.104 e.